The van der Waals surface area contributed by atoms with Crippen molar-refractivity contribution in [2.75, 3.05) is 41.9 Å². The van der Waals surface area contributed by atoms with E-state index in [4.69, 9.17) is 4.74 Å². The third-order valence-corrected chi connectivity index (χ3v) is 4.97. The standard InChI is InChI=1S/C20H19BrN8O3/c21-15-2-1-3-16(12-15)23-18-24-19(26-20(25-18)28-8-10-32-11-9-28)27-22-13-14-4-6-17(7-5-14)29(30)31/h1-7,12-13H,8-11H2,(H2,23,24,25,26,27)/b22-13-. The first-order chi connectivity index (χ1) is 15.6. The zero-order chi connectivity index (χ0) is 22.3. The van der Waals surface area contributed by atoms with Crippen molar-refractivity contribution in [3.05, 3.63) is 68.7 Å². The van der Waals surface area contributed by atoms with Crippen LogP contribution in [0.3, 0.4) is 0 Å². The van der Waals surface area contributed by atoms with Crippen LogP contribution in [0.15, 0.2) is 58.1 Å². The van der Waals surface area contributed by atoms with Gasteiger partial charge in [-0.1, -0.05) is 22.0 Å². The first kappa shape index (κ1) is 21.6. The largest absolute Gasteiger partial charge is 0.378 e. The maximum atomic E-state index is 10.8. The number of nitrogens with zero attached hydrogens (tertiary/aromatic N) is 6. The molecule has 0 aliphatic carbocycles. The van der Waals surface area contributed by atoms with Crippen LogP contribution in [0, 0.1) is 10.1 Å². The molecule has 1 aliphatic heterocycles. The van der Waals surface area contributed by atoms with Gasteiger partial charge in [0.1, 0.15) is 0 Å². The number of morpholine rings is 1. The molecule has 0 spiro atoms. The van der Waals surface area contributed by atoms with Crippen LogP contribution < -0.4 is 15.6 Å². The first-order valence-corrected chi connectivity index (χ1v) is 10.5. The van der Waals surface area contributed by atoms with Crippen molar-refractivity contribution >= 4 is 51.4 Å². The number of nitro benzene ring substituents is 1. The van der Waals surface area contributed by atoms with E-state index in [1.165, 1.54) is 18.3 Å². The Labute approximate surface area is 191 Å². The predicted octanol–water partition coefficient (Wildman–Crippen LogP) is 3.57. The summed E-state index contributed by atoms with van der Waals surface area (Å²) in [6, 6.07) is 13.7. The topological polar surface area (TPSA) is 131 Å². The third kappa shape index (κ3) is 5.74. The highest BCUT2D eigenvalue weighted by Gasteiger charge is 2.16. The molecule has 1 saturated heterocycles. The summed E-state index contributed by atoms with van der Waals surface area (Å²) < 4.78 is 6.34. The highest BCUT2D eigenvalue weighted by Crippen LogP contribution is 2.21. The maximum Gasteiger partial charge on any atom is 0.269 e. The van der Waals surface area contributed by atoms with Crippen molar-refractivity contribution in [1.82, 2.24) is 15.0 Å². The van der Waals surface area contributed by atoms with Crippen molar-refractivity contribution in [1.29, 1.82) is 0 Å². The molecule has 11 nitrogen and oxygen atoms in total. The SMILES string of the molecule is O=[N+]([O-])c1ccc(/C=N\Nc2nc(Nc3cccc(Br)c3)nc(N3CCOCC3)n2)cc1. The summed E-state index contributed by atoms with van der Waals surface area (Å²) in [6.45, 7) is 2.54. The molecule has 2 heterocycles. The Morgan fingerprint density at radius 3 is 2.56 bits per heavy atom. The number of hydrogen-bond acceptors (Lipinski definition) is 10. The van der Waals surface area contributed by atoms with E-state index >= 15 is 0 Å². The number of nitro groups is 1. The Balaban J connectivity index is 1.54. The Morgan fingerprint density at radius 2 is 1.84 bits per heavy atom. The van der Waals surface area contributed by atoms with Gasteiger partial charge in [-0.05, 0) is 35.9 Å². The molecule has 0 unspecified atom stereocenters. The summed E-state index contributed by atoms with van der Waals surface area (Å²) in [6.07, 6.45) is 1.53. The van der Waals surface area contributed by atoms with Gasteiger partial charge in [0.05, 0.1) is 24.4 Å². The summed E-state index contributed by atoms with van der Waals surface area (Å²) in [5.74, 6) is 1.14. The highest BCUT2D eigenvalue weighted by atomic mass is 79.9. The molecule has 32 heavy (non-hydrogen) atoms. The molecule has 0 radical (unpaired) electrons. The molecule has 2 aromatic carbocycles. The minimum atomic E-state index is -0.447. The van der Waals surface area contributed by atoms with Gasteiger partial charge < -0.3 is 15.0 Å². The highest BCUT2D eigenvalue weighted by molar-refractivity contribution is 9.10. The summed E-state index contributed by atoms with van der Waals surface area (Å²) in [4.78, 5) is 25.8. The average Bonchev–Trinajstić information content (AvgIpc) is 2.80. The number of aromatic nitrogens is 3. The van der Waals surface area contributed by atoms with Gasteiger partial charge in [-0.3, -0.25) is 10.1 Å². The number of hydrogen-bond donors (Lipinski definition) is 2. The number of halogens is 1. The van der Waals surface area contributed by atoms with Gasteiger partial charge in [0.2, 0.25) is 17.8 Å². The van der Waals surface area contributed by atoms with Gasteiger partial charge in [-0.2, -0.15) is 20.1 Å². The van der Waals surface area contributed by atoms with Gasteiger partial charge in [-0.15, -0.1) is 0 Å². The molecule has 164 valence electrons. The minimum Gasteiger partial charge on any atom is -0.378 e. The Kier molecular flexibility index (Phi) is 6.82. The summed E-state index contributed by atoms with van der Waals surface area (Å²) >= 11 is 3.45. The molecule has 0 bridgehead atoms. The molecule has 1 aromatic heterocycles. The summed E-state index contributed by atoms with van der Waals surface area (Å²) in [5.41, 5.74) is 4.34. The number of anilines is 4. The smallest absolute Gasteiger partial charge is 0.269 e. The van der Waals surface area contributed by atoms with E-state index in [1.807, 2.05) is 29.2 Å². The van der Waals surface area contributed by atoms with E-state index < -0.39 is 4.92 Å². The minimum absolute atomic E-state index is 0.0194. The Hall–Kier alpha value is -3.64. The van der Waals surface area contributed by atoms with E-state index in [1.54, 1.807) is 12.1 Å². The number of nitrogens with one attached hydrogen (secondary N) is 2. The average molecular weight is 499 g/mol. The molecule has 0 atom stereocenters. The molecule has 3 aromatic rings. The molecule has 0 amide bonds. The second kappa shape index (κ2) is 10.1. The van der Waals surface area contributed by atoms with Crippen molar-refractivity contribution < 1.29 is 9.66 Å². The lowest BCUT2D eigenvalue weighted by Crippen LogP contribution is -2.37. The van der Waals surface area contributed by atoms with Crippen LogP contribution in [0.4, 0.5) is 29.2 Å². The summed E-state index contributed by atoms with van der Waals surface area (Å²) in [7, 11) is 0. The third-order valence-electron chi connectivity index (χ3n) is 4.48. The van der Waals surface area contributed by atoms with Gasteiger partial charge in [-0.25, -0.2) is 5.43 Å². The molecule has 4 rings (SSSR count). The fourth-order valence-electron chi connectivity index (χ4n) is 2.92. The molecular formula is C20H19BrN8O3. The van der Waals surface area contributed by atoms with Gasteiger partial charge in [0.25, 0.3) is 5.69 Å². The van der Waals surface area contributed by atoms with E-state index in [0.717, 1.165) is 10.2 Å². The van der Waals surface area contributed by atoms with E-state index in [9.17, 15) is 10.1 Å². The lowest BCUT2D eigenvalue weighted by Gasteiger charge is -2.27. The second-order valence-electron chi connectivity index (χ2n) is 6.74. The molecule has 0 saturated carbocycles. The molecule has 1 aliphatic rings. The van der Waals surface area contributed by atoms with E-state index in [0.29, 0.717) is 43.8 Å². The van der Waals surface area contributed by atoms with Gasteiger partial charge in [0, 0.05) is 35.4 Å². The van der Waals surface area contributed by atoms with Crippen molar-refractivity contribution in [2.24, 2.45) is 5.10 Å². The fourth-order valence-corrected chi connectivity index (χ4v) is 3.32. The van der Waals surface area contributed by atoms with Crippen molar-refractivity contribution in [3.63, 3.8) is 0 Å². The number of rotatable bonds is 7. The quantitative estimate of drug-likeness (QED) is 0.285. The first-order valence-electron chi connectivity index (χ1n) is 9.72. The predicted molar refractivity (Wildman–Crippen MR) is 125 cm³/mol. The zero-order valence-corrected chi connectivity index (χ0v) is 18.4. The second-order valence-corrected chi connectivity index (χ2v) is 7.65. The summed E-state index contributed by atoms with van der Waals surface area (Å²) in [5, 5.41) is 18.1. The van der Waals surface area contributed by atoms with Crippen LogP contribution >= 0.6 is 15.9 Å². The number of non-ortho nitro benzene ring substituents is 1. The monoisotopic (exact) mass is 498 g/mol. The van der Waals surface area contributed by atoms with Crippen LogP contribution in [-0.2, 0) is 4.74 Å². The van der Waals surface area contributed by atoms with Crippen LogP contribution in [0.1, 0.15) is 5.56 Å². The van der Waals surface area contributed by atoms with Crippen LogP contribution in [0.2, 0.25) is 0 Å². The lowest BCUT2D eigenvalue weighted by molar-refractivity contribution is -0.384. The van der Waals surface area contributed by atoms with Crippen LogP contribution in [-0.4, -0.2) is 52.4 Å². The van der Waals surface area contributed by atoms with Crippen LogP contribution in [0.5, 0.6) is 0 Å². The number of hydrazone groups is 1. The molecule has 1 fully saturated rings. The normalized spacial score (nSPS) is 13.8. The van der Waals surface area contributed by atoms with Crippen molar-refractivity contribution in [3.8, 4) is 0 Å². The van der Waals surface area contributed by atoms with Crippen molar-refractivity contribution in [2.45, 2.75) is 0 Å². The zero-order valence-electron chi connectivity index (χ0n) is 16.8. The van der Waals surface area contributed by atoms with Gasteiger partial charge in [0.15, 0.2) is 0 Å². The Bertz CT molecular complexity index is 1120. The Morgan fingerprint density at radius 1 is 1.09 bits per heavy atom. The molecule has 12 heteroatoms. The van der Waals surface area contributed by atoms with Gasteiger partial charge >= 0.3 is 0 Å². The van der Waals surface area contributed by atoms with Crippen LogP contribution in [0.25, 0.3) is 0 Å². The maximum absolute atomic E-state index is 10.8. The number of benzene rings is 2. The molecular weight excluding hydrogens is 480 g/mol. The lowest BCUT2D eigenvalue weighted by atomic mass is 10.2. The van der Waals surface area contributed by atoms with E-state index in [-0.39, 0.29) is 11.6 Å². The fraction of sp³-hybridized carbons (Fsp3) is 0.200. The molecule has 2 N–H and O–H groups in total. The number of ether oxygens (including phenoxy) is 1. The van der Waals surface area contributed by atoms with E-state index in [2.05, 4.69) is 46.7 Å².